The second kappa shape index (κ2) is 5.46. The standard InChI is InChI=1S/C18H19N3O/c22-17-8-4-11-20(16-7-2-1-6-15(16)17)13-14-5-3-9-18-19-10-12-21(14)18/h1-3,5-7,9-10,12,17,22H,4,8,11,13H2. The van der Waals surface area contributed by atoms with E-state index in [1.807, 2.05) is 36.7 Å². The number of rotatable bonds is 2. The second-order valence-electron chi connectivity index (χ2n) is 5.81. The lowest BCUT2D eigenvalue weighted by molar-refractivity contribution is 0.168. The number of para-hydroxylation sites is 1. The van der Waals surface area contributed by atoms with Crippen molar-refractivity contribution in [3.63, 3.8) is 0 Å². The van der Waals surface area contributed by atoms with E-state index in [4.69, 9.17) is 0 Å². The molecule has 112 valence electrons. The number of pyridine rings is 1. The summed E-state index contributed by atoms with van der Waals surface area (Å²) in [6.45, 7) is 1.77. The first kappa shape index (κ1) is 13.3. The van der Waals surface area contributed by atoms with Crippen molar-refractivity contribution < 1.29 is 5.11 Å². The van der Waals surface area contributed by atoms with Crippen LogP contribution in [0.5, 0.6) is 0 Å². The maximum Gasteiger partial charge on any atom is 0.136 e. The number of aromatic nitrogens is 2. The molecule has 0 saturated heterocycles. The first-order valence-corrected chi connectivity index (χ1v) is 7.76. The summed E-state index contributed by atoms with van der Waals surface area (Å²) in [5.74, 6) is 0. The average molecular weight is 293 g/mol. The minimum atomic E-state index is -0.356. The highest BCUT2D eigenvalue weighted by Gasteiger charge is 2.21. The molecule has 0 spiro atoms. The summed E-state index contributed by atoms with van der Waals surface area (Å²) in [7, 11) is 0. The second-order valence-corrected chi connectivity index (χ2v) is 5.81. The van der Waals surface area contributed by atoms with E-state index in [1.165, 1.54) is 5.69 Å². The summed E-state index contributed by atoms with van der Waals surface area (Å²) in [4.78, 5) is 6.71. The van der Waals surface area contributed by atoms with Crippen LogP contribution in [0.15, 0.2) is 54.9 Å². The lowest BCUT2D eigenvalue weighted by atomic mass is 10.0. The van der Waals surface area contributed by atoms with Gasteiger partial charge in [0, 0.05) is 35.9 Å². The molecule has 3 aromatic rings. The van der Waals surface area contributed by atoms with Gasteiger partial charge in [0.2, 0.25) is 0 Å². The fourth-order valence-electron chi connectivity index (χ4n) is 3.30. The Morgan fingerprint density at radius 2 is 2.05 bits per heavy atom. The van der Waals surface area contributed by atoms with Gasteiger partial charge in [-0.15, -0.1) is 0 Å². The van der Waals surface area contributed by atoms with E-state index in [2.05, 4.69) is 32.5 Å². The molecular formula is C18H19N3O. The van der Waals surface area contributed by atoms with E-state index in [9.17, 15) is 5.11 Å². The zero-order chi connectivity index (χ0) is 14.9. The Labute approximate surface area is 129 Å². The minimum Gasteiger partial charge on any atom is -0.388 e. The van der Waals surface area contributed by atoms with Crippen molar-refractivity contribution >= 4 is 11.3 Å². The smallest absolute Gasteiger partial charge is 0.136 e. The average Bonchev–Trinajstić information content (AvgIpc) is 2.97. The Kier molecular flexibility index (Phi) is 3.31. The van der Waals surface area contributed by atoms with Crippen molar-refractivity contribution in [1.82, 2.24) is 9.38 Å². The Balaban J connectivity index is 1.73. The number of nitrogens with zero attached hydrogens (tertiary/aromatic N) is 3. The van der Waals surface area contributed by atoms with Crippen molar-refractivity contribution in [2.24, 2.45) is 0 Å². The predicted molar refractivity (Wildman–Crippen MR) is 86.9 cm³/mol. The normalized spacial score (nSPS) is 18.2. The van der Waals surface area contributed by atoms with E-state index in [1.54, 1.807) is 0 Å². The van der Waals surface area contributed by atoms with Crippen molar-refractivity contribution in [3.8, 4) is 0 Å². The molecule has 4 heteroatoms. The molecule has 2 aromatic heterocycles. The van der Waals surface area contributed by atoms with Crippen molar-refractivity contribution in [2.45, 2.75) is 25.5 Å². The molecule has 3 heterocycles. The number of aliphatic hydroxyl groups excluding tert-OH is 1. The summed E-state index contributed by atoms with van der Waals surface area (Å²) >= 11 is 0. The highest BCUT2D eigenvalue weighted by atomic mass is 16.3. The van der Waals surface area contributed by atoms with Crippen LogP contribution in [0.3, 0.4) is 0 Å². The van der Waals surface area contributed by atoms with Gasteiger partial charge in [-0.3, -0.25) is 0 Å². The molecule has 0 amide bonds. The summed E-state index contributed by atoms with van der Waals surface area (Å²) < 4.78 is 2.13. The molecule has 0 bridgehead atoms. The first-order valence-electron chi connectivity index (χ1n) is 7.76. The molecule has 0 aliphatic carbocycles. The third-order valence-electron chi connectivity index (χ3n) is 4.41. The topological polar surface area (TPSA) is 40.8 Å². The van der Waals surface area contributed by atoms with E-state index < -0.39 is 0 Å². The highest BCUT2D eigenvalue weighted by Crippen LogP contribution is 2.33. The van der Waals surface area contributed by atoms with E-state index in [-0.39, 0.29) is 6.10 Å². The van der Waals surface area contributed by atoms with Gasteiger partial charge in [-0.2, -0.15) is 0 Å². The van der Waals surface area contributed by atoms with Gasteiger partial charge in [-0.05, 0) is 31.0 Å². The Morgan fingerprint density at radius 1 is 1.14 bits per heavy atom. The summed E-state index contributed by atoms with van der Waals surface area (Å²) in [6, 6.07) is 14.4. The SMILES string of the molecule is OC1CCCN(Cc2cccc3nccn23)c2ccccc21. The van der Waals surface area contributed by atoms with Gasteiger partial charge in [-0.25, -0.2) is 4.98 Å². The molecule has 0 fully saturated rings. The van der Waals surface area contributed by atoms with Gasteiger partial charge in [0.25, 0.3) is 0 Å². The van der Waals surface area contributed by atoms with Crippen LogP contribution >= 0.6 is 0 Å². The fourth-order valence-corrected chi connectivity index (χ4v) is 3.30. The van der Waals surface area contributed by atoms with Crippen LogP contribution in [-0.4, -0.2) is 21.0 Å². The van der Waals surface area contributed by atoms with Crippen LogP contribution in [0.25, 0.3) is 5.65 Å². The Bertz CT molecular complexity index is 796. The van der Waals surface area contributed by atoms with Gasteiger partial charge < -0.3 is 14.4 Å². The van der Waals surface area contributed by atoms with Crippen molar-refractivity contribution in [3.05, 3.63) is 66.1 Å². The molecule has 0 saturated carbocycles. The van der Waals surface area contributed by atoms with Gasteiger partial charge >= 0.3 is 0 Å². The molecular weight excluding hydrogens is 274 g/mol. The maximum atomic E-state index is 10.3. The zero-order valence-corrected chi connectivity index (χ0v) is 12.4. The third-order valence-corrected chi connectivity index (χ3v) is 4.41. The molecule has 1 unspecified atom stereocenters. The zero-order valence-electron chi connectivity index (χ0n) is 12.4. The third kappa shape index (κ3) is 2.25. The summed E-state index contributed by atoms with van der Waals surface area (Å²) in [5.41, 5.74) is 4.37. The van der Waals surface area contributed by atoms with Crippen LogP contribution in [0.2, 0.25) is 0 Å². The van der Waals surface area contributed by atoms with Gasteiger partial charge in [0.15, 0.2) is 0 Å². The highest BCUT2D eigenvalue weighted by molar-refractivity contribution is 5.56. The fraction of sp³-hybridized carbons (Fsp3) is 0.278. The number of hydrogen-bond donors (Lipinski definition) is 1. The lowest BCUT2D eigenvalue weighted by Gasteiger charge is -2.25. The quantitative estimate of drug-likeness (QED) is 0.789. The monoisotopic (exact) mass is 293 g/mol. The minimum absolute atomic E-state index is 0.356. The van der Waals surface area contributed by atoms with Crippen molar-refractivity contribution in [1.29, 1.82) is 0 Å². The van der Waals surface area contributed by atoms with Crippen LogP contribution in [0, 0.1) is 0 Å². The van der Waals surface area contributed by atoms with E-state index >= 15 is 0 Å². The Hall–Kier alpha value is -2.33. The van der Waals surface area contributed by atoms with Crippen LogP contribution in [0.4, 0.5) is 5.69 Å². The molecule has 1 aliphatic heterocycles. The first-order chi connectivity index (χ1) is 10.8. The van der Waals surface area contributed by atoms with Gasteiger partial charge in [-0.1, -0.05) is 24.3 Å². The van der Waals surface area contributed by atoms with Crippen LogP contribution in [-0.2, 0) is 6.54 Å². The molecule has 22 heavy (non-hydrogen) atoms. The van der Waals surface area contributed by atoms with E-state index in [0.29, 0.717) is 0 Å². The maximum absolute atomic E-state index is 10.3. The molecule has 1 aliphatic rings. The molecule has 1 atom stereocenters. The van der Waals surface area contributed by atoms with Crippen LogP contribution in [0.1, 0.15) is 30.2 Å². The number of hydrogen-bond acceptors (Lipinski definition) is 3. The van der Waals surface area contributed by atoms with Gasteiger partial charge in [0.05, 0.1) is 12.6 Å². The molecule has 4 rings (SSSR count). The predicted octanol–water partition coefficient (Wildman–Crippen LogP) is 3.17. The largest absolute Gasteiger partial charge is 0.388 e. The van der Waals surface area contributed by atoms with Crippen LogP contribution < -0.4 is 4.90 Å². The number of fused-ring (bicyclic) bond motifs is 2. The molecule has 0 radical (unpaired) electrons. The summed E-state index contributed by atoms with van der Waals surface area (Å²) in [5, 5.41) is 10.3. The van der Waals surface area contributed by atoms with Gasteiger partial charge in [0.1, 0.15) is 5.65 Å². The number of aliphatic hydroxyl groups is 1. The molecule has 4 nitrogen and oxygen atoms in total. The molecule has 1 N–H and O–H groups in total. The van der Waals surface area contributed by atoms with Crippen molar-refractivity contribution in [2.75, 3.05) is 11.4 Å². The number of benzene rings is 1. The Morgan fingerprint density at radius 3 is 3.00 bits per heavy atom. The number of anilines is 1. The number of imidazole rings is 1. The molecule has 1 aromatic carbocycles. The lowest BCUT2D eigenvalue weighted by Crippen LogP contribution is -2.24. The van der Waals surface area contributed by atoms with E-state index in [0.717, 1.165) is 42.8 Å². The summed E-state index contributed by atoms with van der Waals surface area (Å²) in [6.07, 6.45) is 5.30.